The van der Waals surface area contributed by atoms with Crippen LogP contribution < -0.4 is 0 Å². The Kier molecular flexibility index (Phi) is 3.72. The Balaban J connectivity index is 2.21. The minimum atomic E-state index is -0.786. The average Bonchev–Trinajstić information content (AvgIpc) is 2.33. The van der Waals surface area contributed by atoms with E-state index in [1.165, 1.54) is 12.1 Å². The topological polar surface area (TPSA) is 20.2 Å². The molecule has 94 valence electrons. The van der Waals surface area contributed by atoms with E-state index in [1.807, 2.05) is 25.1 Å². The highest BCUT2D eigenvalue weighted by Gasteiger charge is 2.13. The van der Waals surface area contributed by atoms with Gasteiger partial charge in [0.2, 0.25) is 0 Å². The van der Waals surface area contributed by atoms with Crippen molar-refractivity contribution in [3.8, 4) is 0 Å². The van der Waals surface area contributed by atoms with E-state index in [0.29, 0.717) is 5.56 Å². The molecule has 0 bridgehead atoms. The fraction of sp³-hybridized carbons (Fsp3) is 0.200. The first kappa shape index (κ1) is 12.7. The van der Waals surface area contributed by atoms with Crippen molar-refractivity contribution in [2.24, 2.45) is 0 Å². The van der Waals surface area contributed by atoms with E-state index < -0.39 is 17.7 Å². The molecule has 0 fully saturated rings. The molecule has 0 heterocycles. The Morgan fingerprint density at radius 3 is 2.50 bits per heavy atom. The lowest BCUT2D eigenvalue weighted by Crippen LogP contribution is -2.05. The lowest BCUT2D eigenvalue weighted by atomic mass is 9.97. The van der Waals surface area contributed by atoms with Gasteiger partial charge in [-0.15, -0.1) is 0 Å². The van der Waals surface area contributed by atoms with Gasteiger partial charge in [-0.2, -0.15) is 0 Å². The first-order valence-electron chi connectivity index (χ1n) is 5.75. The first-order valence-corrected chi connectivity index (χ1v) is 5.75. The van der Waals surface area contributed by atoms with Crippen LogP contribution in [0.25, 0.3) is 0 Å². The third-order valence-electron chi connectivity index (χ3n) is 2.98. The second-order valence-electron chi connectivity index (χ2n) is 4.31. The SMILES string of the molecule is Cc1ccccc1C(O)Cc1ccc(F)cc1F. The molecular formula is C15H14F2O. The van der Waals surface area contributed by atoms with E-state index in [4.69, 9.17) is 0 Å². The number of aliphatic hydroxyl groups excluding tert-OH is 1. The standard InChI is InChI=1S/C15H14F2O/c1-10-4-2-3-5-13(10)15(18)8-11-6-7-12(16)9-14(11)17/h2-7,9,15,18H,8H2,1H3. The second-order valence-corrected chi connectivity index (χ2v) is 4.31. The van der Waals surface area contributed by atoms with E-state index in [0.717, 1.165) is 17.2 Å². The molecule has 1 atom stereocenters. The quantitative estimate of drug-likeness (QED) is 0.880. The number of rotatable bonds is 3. The first-order chi connectivity index (χ1) is 8.58. The zero-order valence-corrected chi connectivity index (χ0v) is 10.0. The van der Waals surface area contributed by atoms with Crippen LogP contribution in [0, 0.1) is 18.6 Å². The van der Waals surface area contributed by atoms with Gasteiger partial charge in [0, 0.05) is 12.5 Å². The summed E-state index contributed by atoms with van der Waals surface area (Å²) in [6, 6.07) is 10.8. The van der Waals surface area contributed by atoms with Crippen LogP contribution in [0.5, 0.6) is 0 Å². The van der Waals surface area contributed by atoms with E-state index in [2.05, 4.69) is 0 Å². The molecule has 1 unspecified atom stereocenters. The minimum absolute atomic E-state index is 0.136. The summed E-state index contributed by atoms with van der Waals surface area (Å²) < 4.78 is 26.2. The smallest absolute Gasteiger partial charge is 0.129 e. The number of halogens is 2. The van der Waals surface area contributed by atoms with E-state index in [9.17, 15) is 13.9 Å². The fourth-order valence-electron chi connectivity index (χ4n) is 1.97. The maximum absolute atomic E-state index is 13.5. The highest BCUT2D eigenvalue weighted by Crippen LogP contribution is 2.22. The summed E-state index contributed by atoms with van der Waals surface area (Å²) in [5, 5.41) is 10.1. The number of hydrogen-bond acceptors (Lipinski definition) is 1. The Hall–Kier alpha value is -1.74. The minimum Gasteiger partial charge on any atom is -0.388 e. The lowest BCUT2D eigenvalue weighted by Gasteiger charge is -2.14. The van der Waals surface area contributed by atoms with Gasteiger partial charge in [0.15, 0.2) is 0 Å². The molecule has 0 radical (unpaired) electrons. The van der Waals surface area contributed by atoms with Gasteiger partial charge in [-0.25, -0.2) is 8.78 Å². The van der Waals surface area contributed by atoms with Gasteiger partial charge < -0.3 is 5.11 Å². The summed E-state index contributed by atoms with van der Waals surface area (Å²) in [5.41, 5.74) is 2.03. The van der Waals surface area contributed by atoms with Gasteiger partial charge in [0.1, 0.15) is 11.6 Å². The monoisotopic (exact) mass is 248 g/mol. The Bertz CT molecular complexity index is 552. The largest absolute Gasteiger partial charge is 0.388 e. The highest BCUT2D eigenvalue weighted by atomic mass is 19.1. The molecule has 0 amide bonds. The van der Waals surface area contributed by atoms with Crippen LogP contribution in [0.4, 0.5) is 8.78 Å². The van der Waals surface area contributed by atoms with E-state index in [1.54, 1.807) is 6.07 Å². The molecule has 1 nitrogen and oxygen atoms in total. The fourth-order valence-corrected chi connectivity index (χ4v) is 1.97. The summed E-state index contributed by atoms with van der Waals surface area (Å²) in [5.74, 6) is -1.23. The van der Waals surface area contributed by atoms with Gasteiger partial charge in [-0.1, -0.05) is 30.3 Å². The normalized spacial score (nSPS) is 12.4. The molecule has 0 aromatic heterocycles. The third-order valence-corrected chi connectivity index (χ3v) is 2.98. The Morgan fingerprint density at radius 1 is 1.11 bits per heavy atom. The van der Waals surface area contributed by atoms with Gasteiger partial charge in [0.25, 0.3) is 0 Å². The van der Waals surface area contributed by atoms with Gasteiger partial charge in [-0.05, 0) is 29.7 Å². The number of aliphatic hydroxyl groups is 1. The van der Waals surface area contributed by atoms with Crippen LogP contribution in [0.1, 0.15) is 22.8 Å². The van der Waals surface area contributed by atoms with Crippen LogP contribution >= 0.6 is 0 Å². The number of benzene rings is 2. The van der Waals surface area contributed by atoms with Crippen molar-refractivity contribution in [1.29, 1.82) is 0 Å². The molecule has 1 N–H and O–H groups in total. The van der Waals surface area contributed by atoms with Gasteiger partial charge in [-0.3, -0.25) is 0 Å². The predicted molar refractivity (Wildman–Crippen MR) is 66.2 cm³/mol. The Labute approximate surface area is 105 Å². The molecule has 0 aliphatic carbocycles. The molecule has 2 rings (SSSR count). The summed E-state index contributed by atoms with van der Waals surface area (Å²) in [7, 11) is 0. The molecule has 0 aliphatic heterocycles. The maximum atomic E-state index is 13.5. The van der Waals surface area contributed by atoms with Crippen molar-refractivity contribution >= 4 is 0 Å². The lowest BCUT2D eigenvalue weighted by molar-refractivity contribution is 0.176. The zero-order valence-electron chi connectivity index (χ0n) is 10.0. The summed E-state index contributed by atoms with van der Waals surface area (Å²) in [4.78, 5) is 0. The highest BCUT2D eigenvalue weighted by molar-refractivity contribution is 5.29. The van der Waals surface area contributed by atoms with Crippen molar-refractivity contribution in [3.05, 3.63) is 70.8 Å². The maximum Gasteiger partial charge on any atom is 0.129 e. The van der Waals surface area contributed by atoms with Crippen LogP contribution in [0.15, 0.2) is 42.5 Å². The molecule has 0 aliphatic rings. The molecule has 0 saturated heterocycles. The van der Waals surface area contributed by atoms with Gasteiger partial charge >= 0.3 is 0 Å². The van der Waals surface area contributed by atoms with Crippen LogP contribution in [0.3, 0.4) is 0 Å². The molecule has 3 heteroatoms. The molecule has 2 aromatic carbocycles. The van der Waals surface area contributed by atoms with Crippen molar-refractivity contribution in [1.82, 2.24) is 0 Å². The molecule has 2 aromatic rings. The Morgan fingerprint density at radius 2 is 1.83 bits per heavy atom. The van der Waals surface area contributed by atoms with Crippen LogP contribution in [-0.4, -0.2) is 5.11 Å². The average molecular weight is 248 g/mol. The predicted octanol–water partition coefficient (Wildman–Crippen LogP) is 3.55. The molecular weight excluding hydrogens is 234 g/mol. The van der Waals surface area contributed by atoms with Crippen molar-refractivity contribution < 1.29 is 13.9 Å². The van der Waals surface area contributed by atoms with Crippen molar-refractivity contribution in [2.75, 3.05) is 0 Å². The van der Waals surface area contributed by atoms with Crippen molar-refractivity contribution in [3.63, 3.8) is 0 Å². The van der Waals surface area contributed by atoms with Crippen molar-refractivity contribution in [2.45, 2.75) is 19.4 Å². The molecule has 0 spiro atoms. The number of aryl methyl sites for hydroxylation is 1. The number of hydrogen-bond donors (Lipinski definition) is 1. The molecule has 0 saturated carbocycles. The van der Waals surface area contributed by atoms with Crippen LogP contribution in [0.2, 0.25) is 0 Å². The van der Waals surface area contributed by atoms with Gasteiger partial charge in [0.05, 0.1) is 6.10 Å². The van der Waals surface area contributed by atoms with E-state index in [-0.39, 0.29) is 6.42 Å². The van der Waals surface area contributed by atoms with Crippen LogP contribution in [-0.2, 0) is 6.42 Å². The zero-order chi connectivity index (χ0) is 13.1. The summed E-state index contributed by atoms with van der Waals surface area (Å²) in [6.45, 7) is 1.89. The molecule has 18 heavy (non-hydrogen) atoms. The summed E-state index contributed by atoms with van der Waals surface area (Å²) >= 11 is 0. The summed E-state index contributed by atoms with van der Waals surface area (Å²) in [6.07, 6.45) is -0.650. The second kappa shape index (κ2) is 5.27. The third kappa shape index (κ3) is 2.74. The van der Waals surface area contributed by atoms with E-state index >= 15 is 0 Å².